The van der Waals surface area contributed by atoms with Gasteiger partial charge in [0.15, 0.2) is 0 Å². The van der Waals surface area contributed by atoms with Gasteiger partial charge in [-0.3, -0.25) is 9.69 Å². The fraction of sp³-hybridized carbons (Fsp3) is 0.474. The van der Waals surface area contributed by atoms with Crippen LogP contribution in [-0.2, 0) is 16.9 Å². The fourth-order valence-electron chi connectivity index (χ4n) is 3.71. The summed E-state index contributed by atoms with van der Waals surface area (Å²) < 4.78 is 2.00. The van der Waals surface area contributed by atoms with Gasteiger partial charge in [-0.15, -0.1) is 0 Å². The van der Waals surface area contributed by atoms with Crippen molar-refractivity contribution in [2.45, 2.75) is 31.8 Å². The molecule has 2 aromatic rings. The largest absolute Gasteiger partial charge is 0.347 e. The highest BCUT2D eigenvalue weighted by Crippen LogP contribution is 2.31. The molecule has 1 fully saturated rings. The van der Waals surface area contributed by atoms with Crippen molar-refractivity contribution in [1.29, 1.82) is 0 Å². The molecule has 0 aliphatic carbocycles. The number of carbonyl (C=O) groups excluding carboxylic acids is 1. The maximum absolute atomic E-state index is 13.0. The molecule has 5 nitrogen and oxygen atoms in total. The molecule has 1 aromatic heterocycles. The molecule has 1 aliphatic heterocycles. The number of hydrogen-bond acceptors (Lipinski definition) is 3. The molecule has 5 heteroatoms. The molecular weight excluding hydrogens is 300 g/mol. The fourth-order valence-corrected chi connectivity index (χ4v) is 3.71. The summed E-state index contributed by atoms with van der Waals surface area (Å²) in [6, 6.07) is 8.48. The minimum Gasteiger partial charge on any atom is -0.347 e. The highest BCUT2D eigenvalue weighted by Gasteiger charge is 2.44. The van der Waals surface area contributed by atoms with Crippen LogP contribution in [-0.4, -0.2) is 52.4 Å². The van der Waals surface area contributed by atoms with E-state index in [0.717, 1.165) is 25.9 Å². The molecule has 1 amide bonds. The van der Waals surface area contributed by atoms with E-state index >= 15 is 0 Å². The number of rotatable bonds is 4. The predicted octanol–water partition coefficient (Wildman–Crippen LogP) is 2.27. The Morgan fingerprint density at radius 2 is 2.12 bits per heavy atom. The van der Waals surface area contributed by atoms with Crippen LogP contribution in [0.3, 0.4) is 0 Å². The zero-order valence-electron chi connectivity index (χ0n) is 14.8. The van der Waals surface area contributed by atoms with Gasteiger partial charge in [0, 0.05) is 39.6 Å². The molecule has 0 bridgehead atoms. The van der Waals surface area contributed by atoms with E-state index in [4.69, 9.17) is 0 Å². The molecule has 1 aliphatic rings. The van der Waals surface area contributed by atoms with Crippen LogP contribution in [0.15, 0.2) is 43.0 Å². The molecule has 24 heavy (non-hydrogen) atoms. The summed E-state index contributed by atoms with van der Waals surface area (Å²) in [6.45, 7) is 4.76. The van der Waals surface area contributed by atoms with Crippen LogP contribution in [0.4, 0.5) is 0 Å². The van der Waals surface area contributed by atoms with Gasteiger partial charge >= 0.3 is 0 Å². The summed E-state index contributed by atoms with van der Waals surface area (Å²) in [5.74, 6) is 0.148. The van der Waals surface area contributed by atoms with Crippen molar-refractivity contribution < 1.29 is 4.79 Å². The molecule has 2 heterocycles. The van der Waals surface area contributed by atoms with E-state index in [1.54, 1.807) is 17.4 Å². The smallest absolute Gasteiger partial charge is 0.249 e. The van der Waals surface area contributed by atoms with Crippen molar-refractivity contribution in [3.8, 4) is 0 Å². The molecule has 1 unspecified atom stereocenters. The van der Waals surface area contributed by atoms with E-state index in [1.165, 1.54) is 11.1 Å². The number of piperidine rings is 1. The van der Waals surface area contributed by atoms with Gasteiger partial charge in [-0.25, -0.2) is 4.98 Å². The zero-order valence-corrected chi connectivity index (χ0v) is 14.8. The molecule has 1 saturated heterocycles. The first-order valence-corrected chi connectivity index (χ1v) is 8.50. The number of imidazole rings is 1. The van der Waals surface area contributed by atoms with E-state index in [9.17, 15) is 4.79 Å². The lowest BCUT2D eigenvalue weighted by atomic mass is 9.86. The molecule has 3 rings (SSSR count). The molecule has 0 radical (unpaired) electrons. The first kappa shape index (κ1) is 16.7. The minimum atomic E-state index is -0.555. The molecule has 1 aromatic carbocycles. The Morgan fingerprint density at radius 1 is 1.33 bits per heavy atom. The van der Waals surface area contributed by atoms with Crippen LogP contribution >= 0.6 is 0 Å². The lowest BCUT2D eigenvalue weighted by Gasteiger charge is -2.43. The molecule has 0 saturated carbocycles. The van der Waals surface area contributed by atoms with E-state index in [0.29, 0.717) is 6.54 Å². The van der Waals surface area contributed by atoms with Gasteiger partial charge in [0.05, 0.1) is 6.33 Å². The van der Waals surface area contributed by atoms with E-state index in [2.05, 4.69) is 41.1 Å². The molecule has 128 valence electrons. The van der Waals surface area contributed by atoms with Crippen molar-refractivity contribution in [3.05, 3.63) is 54.1 Å². The maximum Gasteiger partial charge on any atom is 0.249 e. The van der Waals surface area contributed by atoms with Gasteiger partial charge < -0.3 is 9.47 Å². The van der Waals surface area contributed by atoms with E-state index in [-0.39, 0.29) is 5.91 Å². The monoisotopic (exact) mass is 326 g/mol. The Morgan fingerprint density at radius 3 is 2.79 bits per heavy atom. The Hall–Kier alpha value is -2.14. The third-order valence-electron chi connectivity index (χ3n) is 5.01. The summed E-state index contributed by atoms with van der Waals surface area (Å²) in [4.78, 5) is 21.3. The van der Waals surface area contributed by atoms with Gasteiger partial charge in [-0.1, -0.05) is 24.3 Å². The first-order chi connectivity index (χ1) is 11.5. The van der Waals surface area contributed by atoms with E-state index < -0.39 is 5.54 Å². The van der Waals surface area contributed by atoms with Crippen molar-refractivity contribution in [2.24, 2.45) is 0 Å². The Labute approximate surface area is 143 Å². The van der Waals surface area contributed by atoms with E-state index in [1.807, 2.05) is 24.9 Å². The lowest BCUT2D eigenvalue weighted by Crippen LogP contribution is -2.57. The molecular formula is C19H26N4O. The van der Waals surface area contributed by atoms with Gasteiger partial charge in [0.25, 0.3) is 0 Å². The molecule has 1 atom stereocenters. The number of nitrogens with zero attached hydrogens (tertiary/aromatic N) is 4. The van der Waals surface area contributed by atoms with Crippen LogP contribution in [0.5, 0.6) is 0 Å². The number of carbonyl (C=O) groups is 1. The number of aryl methyl sites for hydroxylation is 1. The van der Waals surface area contributed by atoms with Crippen molar-refractivity contribution >= 4 is 5.91 Å². The number of likely N-dealkylation sites (tertiary alicyclic amines) is 1. The van der Waals surface area contributed by atoms with Gasteiger partial charge in [0.1, 0.15) is 5.54 Å². The van der Waals surface area contributed by atoms with Crippen molar-refractivity contribution in [1.82, 2.24) is 19.4 Å². The summed E-state index contributed by atoms with van der Waals surface area (Å²) in [7, 11) is 3.67. The second-order valence-electron chi connectivity index (χ2n) is 6.94. The summed E-state index contributed by atoms with van der Waals surface area (Å²) in [6.07, 6.45) is 7.30. The number of benzene rings is 1. The number of likely N-dealkylation sites (N-methyl/N-ethyl adjacent to an activating group) is 1. The third-order valence-corrected chi connectivity index (χ3v) is 5.01. The van der Waals surface area contributed by atoms with Crippen LogP contribution in [0, 0.1) is 6.92 Å². The van der Waals surface area contributed by atoms with Crippen molar-refractivity contribution in [2.75, 3.05) is 27.2 Å². The quantitative estimate of drug-likeness (QED) is 0.865. The molecule has 0 N–H and O–H groups in total. The van der Waals surface area contributed by atoms with Crippen LogP contribution in [0.25, 0.3) is 0 Å². The second kappa shape index (κ2) is 6.77. The van der Waals surface area contributed by atoms with Gasteiger partial charge in [-0.05, 0) is 37.4 Å². The van der Waals surface area contributed by atoms with Gasteiger partial charge in [0.2, 0.25) is 5.91 Å². The standard InChI is InChI=1S/C19H26N4O/c1-16-7-4-5-8-17(16)13-22-11-6-9-19(14-22,18(24)21(2)3)23-12-10-20-15-23/h4-5,7-8,10,12,15H,6,9,11,13-14H2,1-3H3. The summed E-state index contributed by atoms with van der Waals surface area (Å²) in [5.41, 5.74) is 2.08. The number of amides is 1. The Balaban J connectivity index is 1.88. The Kier molecular flexibility index (Phi) is 4.71. The second-order valence-corrected chi connectivity index (χ2v) is 6.94. The zero-order chi connectivity index (χ0) is 17.2. The van der Waals surface area contributed by atoms with Crippen molar-refractivity contribution in [3.63, 3.8) is 0 Å². The highest BCUT2D eigenvalue weighted by atomic mass is 16.2. The number of aromatic nitrogens is 2. The van der Waals surface area contributed by atoms with Crippen LogP contribution < -0.4 is 0 Å². The van der Waals surface area contributed by atoms with Crippen LogP contribution in [0.2, 0.25) is 0 Å². The average Bonchev–Trinajstić information content (AvgIpc) is 3.11. The van der Waals surface area contributed by atoms with Gasteiger partial charge in [-0.2, -0.15) is 0 Å². The normalized spacial score (nSPS) is 21.6. The SMILES string of the molecule is Cc1ccccc1CN1CCCC(C(=O)N(C)C)(n2ccnc2)C1. The first-order valence-electron chi connectivity index (χ1n) is 8.50. The van der Waals surface area contributed by atoms with Crippen LogP contribution in [0.1, 0.15) is 24.0 Å². The average molecular weight is 326 g/mol. The molecule has 0 spiro atoms. The topological polar surface area (TPSA) is 41.4 Å². The number of hydrogen-bond donors (Lipinski definition) is 0. The highest BCUT2D eigenvalue weighted by molar-refractivity contribution is 5.84. The summed E-state index contributed by atoms with van der Waals surface area (Å²) >= 11 is 0. The Bertz CT molecular complexity index is 695. The lowest BCUT2D eigenvalue weighted by molar-refractivity contribution is -0.141. The summed E-state index contributed by atoms with van der Waals surface area (Å²) in [5, 5.41) is 0. The predicted molar refractivity (Wildman–Crippen MR) is 94.6 cm³/mol. The third kappa shape index (κ3) is 3.08. The minimum absolute atomic E-state index is 0.148. The maximum atomic E-state index is 13.0.